The maximum Gasteiger partial charge on any atom is 0.318 e. The van der Waals surface area contributed by atoms with Crippen LogP contribution in [-0.2, 0) is 17.8 Å². The first-order valence-electron chi connectivity index (χ1n) is 15.7. The molecule has 2 aromatic carbocycles. The summed E-state index contributed by atoms with van der Waals surface area (Å²) in [5.74, 6) is -0.980. The summed E-state index contributed by atoms with van der Waals surface area (Å²) in [6.45, 7) is 17.1. The number of carbonyl (C=O) groups is 1. The van der Waals surface area contributed by atoms with Gasteiger partial charge in [0.1, 0.15) is 11.9 Å². The van der Waals surface area contributed by atoms with Crippen molar-refractivity contribution in [2.24, 2.45) is 5.41 Å². The van der Waals surface area contributed by atoms with Crippen molar-refractivity contribution in [1.82, 2.24) is 19.8 Å². The molecular formula is C34H39ClFN7O2S. The first-order valence-corrected chi connectivity index (χ1v) is 16.1. The molecule has 1 saturated carbocycles. The Morgan fingerprint density at radius 3 is 2.59 bits per heavy atom. The van der Waals surface area contributed by atoms with E-state index in [2.05, 4.69) is 50.4 Å². The molecule has 3 fully saturated rings. The molecule has 3 aliphatic heterocycles. The zero-order valence-corrected chi connectivity index (χ0v) is 27.6. The number of hydrogen-bond acceptors (Lipinski definition) is 7. The average Bonchev–Trinajstić information content (AvgIpc) is 3.80. The highest BCUT2D eigenvalue weighted by Gasteiger charge is 2.46. The Hall–Kier alpha value is -3.59. The second-order valence-electron chi connectivity index (χ2n) is 12.8. The molecule has 0 N–H and O–H groups in total. The quantitative estimate of drug-likeness (QED) is 0.229. The highest BCUT2D eigenvalue weighted by Crippen LogP contribution is 2.47. The number of aromatic nitrogens is 2. The molecule has 1 atom stereocenters. The van der Waals surface area contributed by atoms with Gasteiger partial charge in [-0.15, -0.1) is 0 Å². The van der Waals surface area contributed by atoms with Crippen molar-refractivity contribution in [2.75, 3.05) is 68.8 Å². The predicted octanol–water partition coefficient (Wildman–Crippen LogP) is 5.24. The summed E-state index contributed by atoms with van der Waals surface area (Å²) in [6.07, 6.45) is 4.26. The van der Waals surface area contributed by atoms with Gasteiger partial charge in [-0.05, 0) is 56.3 Å². The summed E-state index contributed by atoms with van der Waals surface area (Å²) >= 11 is 6.71. The van der Waals surface area contributed by atoms with Crippen LogP contribution in [0.2, 0.25) is 5.02 Å². The van der Waals surface area contributed by atoms with Gasteiger partial charge in [0.05, 0.1) is 23.9 Å². The number of piperazine rings is 1. The molecular weight excluding hydrogens is 625 g/mol. The zero-order chi connectivity index (χ0) is 31.1. The Morgan fingerprint density at radius 2 is 1.89 bits per heavy atom. The van der Waals surface area contributed by atoms with E-state index in [9.17, 15) is 9.18 Å². The van der Waals surface area contributed by atoms with Gasteiger partial charge in [0.15, 0.2) is 5.83 Å². The Kier molecular flexibility index (Phi) is 9.33. The SMILES string of the molecule is S.[C-]#[N+]C[C@H]1CN(c2nc(OCC3(CN4CCC4)CC3)nc3c2CCN(c2cccc4cccc(Cl)c24)C3)CCN1C(=O)C(=C)F. The number of likely N-dealkylation sites (tertiary alicyclic amines) is 1. The molecule has 46 heavy (non-hydrogen) atoms. The fourth-order valence-electron chi connectivity index (χ4n) is 6.95. The third-order valence-corrected chi connectivity index (χ3v) is 10.1. The molecule has 2 saturated heterocycles. The van der Waals surface area contributed by atoms with Gasteiger partial charge in [0, 0.05) is 54.8 Å². The largest absolute Gasteiger partial charge is 0.463 e. The van der Waals surface area contributed by atoms with Crippen molar-refractivity contribution in [1.29, 1.82) is 0 Å². The van der Waals surface area contributed by atoms with Crippen molar-refractivity contribution in [3.8, 4) is 6.01 Å². The minimum Gasteiger partial charge on any atom is -0.463 e. The molecule has 12 heteroatoms. The summed E-state index contributed by atoms with van der Waals surface area (Å²) in [5.41, 5.74) is 3.17. The molecule has 1 aliphatic carbocycles. The monoisotopic (exact) mass is 663 g/mol. The van der Waals surface area contributed by atoms with Crippen molar-refractivity contribution in [3.63, 3.8) is 0 Å². The van der Waals surface area contributed by atoms with E-state index in [1.54, 1.807) is 0 Å². The third kappa shape index (κ3) is 6.35. The Balaban J connectivity index is 0.00000372. The number of benzene rings is 2. The molecule has 3 aromatic rings. The van der Waals surface area contributed by atoms with Crippen molar-refractivity contribution in [3.05, 3.63) is 76.5 Å². The van der Waals surface area contributed by atoms with Gasteiger partial charge in [0.2, 0.25) is 6.54 Å². The lowest BCUT2D eigenvalue weighted by molar-refractivity contribution is -0.131. The average molecular weight is 664 g/mol. The topological polar surface area (TPSA) is 69.4 Å². The van der Waals surface area contributed by atoms with Crippen molar-refractivity contribution in [2.45, 2.75) is 38.3 Å². The van der Waals surface area contributed by atoms with E-state index in [0.717, 1.165) is 72.6 Å². The maximum absolute atomic E-state index is 13.9. The molecule has 0 spiro atoms. The molecule has 9 nitrogen and oxygen atoms in total. The number of amides is 1. The number of ether oxygens (including phenoxy) is 1. The van der Waals surface area contributed by atoms with Crippen LogP contribution >= 0.6 is 25.1 Å². The first kappa shape index (κ1) is 32.4. The van der Waals surface area contributed by atoms with Gasteiger partial charge in [-0.25, -0.2) is 11.0 Å². The van der Waals surface area contributed by atoms with Crippen LogP contribution < -0.4 is 14.5 Å². The number of hydrogen-bond donors (Lipinski definition) is 0. The molecule has 0 bridgehead atoms. The van der Waals surface area contributed by atoms with E-state index in [4.69, 9.17) is 32.9 Å². The summed E-state index contributed by atoms with van der Waals surface area (Å²) in [7, 11) is 0. The van der Waals surface area contributed by atoms with Crippen molar-refractivity contribution < 1.29 is 13.9 Å². The van der Waals surface area contributed by atoms with Crippen LogP contribution in [0.3, 0.4) is 0 Å². The van der Waals surface area contributed by atoms with Gasteiger partial charge < -0.3 is 29.2 Å². The number of halogens is 2. The maximum atomic E-state index is 13.9. The lowest BCUT2D eigenvalue weighted by Crippen LogP contribution is -2.57. The fraction of sp³-hybridized carbons (Fsp3) is 0.471. The summed E-state index contributed by atoms with van der Waals surface area (Å²) < 4.78 is 20.3. The molecule has 7 rings (SSSR count). The molecule has 1 aromatic heterocycles. The van der Waals surface area contributed by atoms with Crippen molar-refractivity contribution >= 4 is 53.3 Å². The van der Waals surface area contributed by atoms with E-state index >= 15 is 0 Å². The normalized spacial score (nSPS) is 20.3. The highest BCUT2D eigenvalue weighted by atomic mass is 35.5. The lowest BCUT2D eigenvalue weighted by atomic mass is 10.0. The number of fused-ring (bicyclic) bond motifs is 2. The van der Waals surface area contributed by atoms with E-state index < -0.39 is 17.8 Å². The number of nitrogens with zero attached hydrogens (tertiary/aromatic N) is 7. The van der Waals surface area contributed by atoms with Crippen LogP contribution in [0.15, 0.2) is 48.8 Å². The minimum atomic E-state index is -1.01. The van der Waals surface area contributed by atoms with Gasteiger partial charge in [-0.1, -0.05) is 42.4 Å². The molecule has 4 heterocycles. The Labute approximate surface area is 281 Å². The molecule has 4 aliphatic rings. The predicted molar refractivity (Wildman–Crippen MR) is 184 cm³/mol. The number of carbonyl (C=O) groups excluding carboxylic acids is 1. The van der Waals surface area contributed by atoms with Crippen LogP contribution in [-0.4, -0.2) is 90.7 Å². The lowest BCUT2D eigenvalue weighted by Gasteiger charge is -2.41. The molecule has 0 unspecified atom stereocenters. The van der Waals surface area contributed by atoms with Gasteiger partial charge >= 0.3 is 6.01 Å². The van der Waals surface area contributed by atoms with E-state index in [1.807, 2.05) is 12.1 Å². The van der Waals surface area contributed by atoms with E-state index in [0.29, 0.717) is 43.7 Å². The first-order chi connectivity index (χ1) is 21.8. The second kappa shape index (κ2) is 13.3. The number of rotatable bonds is 9. The van der Waals surface area contributed by atoms with Crippen LogP contribution in [0.25, 0.3) is 15.6 Å². The second-order valence-corrected chi connectivity index (χ2v) is 13.2. The number of anilines is 2. The van der Waals surface area contributed by atoms with Crippen LogP contribution in [0, 0.1) is 12.0 Å². The highest BCUT2D eigenvalue weighted by molar-refractivity contribution is 7.59. The summed E-state index contributed by atoms with van der Waals surface area (Å²) in [4.78, 5) is 34.4. The summed E-state index contributed by atoms with van der Waals surface area (Å²) in [6, 6.07) is 12.1. The molecule has 1 amide bonds. The van der Waals surface area contributed by atoms with E-state index in [-0.39, 0.29) is 32.0 Å². The fourth-order valence-corrected chi connectivity index (χ4v) is 7.23. The standard InChI is InChI=1S/C34H37ClFN7O2.H2S/c1-23(36)32(44)43-17-16-42(19-25(43)18-37-2)31-26-10-15-41(29-9-4-7-24-6-3-8-27(35)30(24)29)20-28(26)38-33(39-31)45-22-34(11-12-34)21-40-13-5-14-40;/h3-4,6-9,25H,1,5,10-22H2;1H2/t25-;/m0./s1. The minimum absolute atomic E-state index is 0. The zero-order valence-electron chi connectivity index (χ0n) is 25.9. The van der Waals surface area contributed by atoms with Gasteiger partial charge in [-0.2, -0.15) is 23.5 Å². The molecule has 0 radical (unpaired) electrons. The van der Waals surface area contributed by atoms with Crippen LogP contribution in [0.5, 0.6) is 6.01 Å². The molecule has 242 valence electrons. The summed E-state index contributed by atoms with van der Waals surface area (Å²) in [5, 5.41) is 2.83. The van der Waals surface area contributed by atoms with Crippen LogP contribution in [0.1, 0.15) is 30.5 Å². The van der Waals surface area contributed by atoms with E-state index in [1.165, 1.54) is 11.3 Å². The smallest absolute Gasteiger partial charge is 0.318 e. The Morgan fingerprint density at radius 1 is 1.11 bits per heavy atom. The van der Waals surface area contributed by atoms with Gasteiger partial charge in [-0.3, -0.25) is 4.79 Å². The van der Waals surface area contributed by atoms with Crippen LogP contribution in [0.4, 0.5) is 15.9 Å². The third-order valence-electron chi connectivity index (χ3n) is 9.74. The Bertz CT molecular complexity index is 1690. The van der Waals surface area contributed by atoms with Gasteiger partial charge in [0.25, 0.3) is 5.91 Å².